The lowest BCUT2D eigenvalue weighted by atomic mass is 10.0. The second-order valence-electron chi connectivity index (χ2n) is 5.41. The molecule has 4 nitrogen and oxygen atoms in total. The van der Waals surface area contributed by atoms with Crippen molar-refractivity contribution in [2.24, 2.45) is 5.92 Å². The maximum atomic E-state index is 4.24. The van der Waals surface area contributed by atoms with Crippen molar-refractivity contribution in [1.29, 1.82) is 0 Å². The number of piperidine rings is 1. The van der Waals surface area contributed by atoms with Gasteiger partial charge in [-0.1, -0.05) is 6.92 Å². The molecule has 2 rings (SSSR count). The summed E-state index contributed by atoms with van der Waals surface area (Å²) in [5.74, 6) is 1.61. The molecule has 1 aromatic rings. The average molecular weight is 248 g/mol. The lowest BCUT2D eigenvalue weighted by Crippen LogP contribution is -2.35. The van der Waals surface area contributed by atoms with E-state index in [0.717, 1.165) is 30.4 Å². The van der Waals surface area contributed by atoms with Crippen LogP contribution in [0.1, 0.15) is 31.7 Å². The van der Waals surface area contributed by atoms with Gasteiger partial charge in [0, 0.05) is 25.5 Å². The monoisotopic (exact) mass is 248 g/mol. The molecular formula is C14H24N4. The van der Waals surface area contributed by atoms with Crippen LogP contribution >= 0.6 is 0 Å². The third-order valence-corrected chi connectivity index (χ3v) is 3.46. The molecule has 0 aromatic carbocycles. The molecule has 0 spiro atoms. The van der Waals surface area contributed by atoms with Crippen LogP contribution in [-0.2, 0) is 0 Å². The standard InChI is InChI=1S/C14H24N4/c1-12-5-3-7-18(11-12)8-4-6-15-14-16-9-13(2)10-17-14/h9-10,12H,3-8,11H2,1-2H3,(H,15,16,17)/t12-/m0/s1. The summed E-state index contributed by atoms with van der Waals surface area (Å²) in [5, 5.41) is 3.27. The molecule has 1 fully saturated rings. The van der Waals surface area contributed by atoms with Gasteiger partial charge in [-0.25, -0.2) is 9.97 Å². The van der Waals surface area contributed by atoms with Gasteiger partial charge in [-0.3, -0.25) is 0 Å². The Morgan fingerprint density at radius 3 is 2.89 bits per heavy atom. The number of hydrogen-bond donors (Lipinski definition) is 1. The molecule has 0 unspecified atom stereocenters. The SMILES string of the molecule is Cc1cnc(NCCCN2CCC[C@H](C)C2)nc1. The minimum absolute atomic E-state index is 0.743. The zero-order chi connectivity index (χ0) is 12.8. The first-order valence-electron chi connectivity index (χ1n) is 6.99. The Morgan fingerprint density at radius 2 is 2.17 bits per heavy atom. The second kappa shape index (κ2) is 6.69. The Labute approximate surface area is 110 Å². The van der Waals surface area contributed by atoms with Gasteiger partial charge in [-0.15, -0.1) is 0 Å². The van der Waals surface area contributed by atoms with Crippen molar-refractivity contribution < 1.29 is 0 Å². The van der Waals surface area contributed by atoms with Crippen LogP contribution in [0.2, 0.25) is 0 Å². The molecule has 100 valence electrons. The Kier molecular flexibility index (Phi) is 4.93. The van der Waals surface area contributed by atoms with Crippen LogP contribution in [0.15, 0.2) is 12.4 Å². The molecule has 0 saturated carbocycles. The van der Waals surface area contributed by atoms with Crippen molar-refractivity contribution in [2.75, 3.05) is 31.5 Å². The molecule has 1 aliphatic rings. The van der Waals surface area contributed by atoms with Crippen LogP contribution in [0.5, 0.6) is 0 Å². The van der Waals surface area contributed by atoms with E-state index in [2.05, 4.69) is 27.1 Å². The summed E-state index contributed by atoms with van der Waals surface area (Å²) in [6, 6.07) is 0. The van der Waals surface area contributed by atoms with Gasteiger partial charge in [0.25, 0.3) is 0 Å². The van der Waals surface area contributed by atoms with E-state index in [4.69, 9.17) is 0 Å². The number of aromatic nitrogens is 2. The molecule has 1 aliphatic heterocycles. The molecule has 0 radical (unpaired) electrons. The number of rotatable bonds is 5. The van der Waals surface area contributed by atoms with E-state index in [1.807, 2.05) is 19.3 Å². The van der Waals surface area contributed by atoms with Gasteiger partial charge in [-0.2, -0.15) is 0 Å². The largest absolute Gasteiger partial charge is 0.354 e. The number of nitrogens with zero attached hydrogens (tertiary/aromatic N) is 3. The van der Waals surface area contributed by atoms with Gasteiger partial charge in [0.2, 0.25) is 5.95 Å². The molecule has 1 N–H and O–H groups in total. The summed E-state index contributed by atoms with van der Waals surface area (Å²) >= 11 is 0. The van der Waals surface area contributed by atoms with Crippen molar-refractivity contribution in [3.8, 4) is 0 Å². The first-order chi connectivity index (χ1) is 8.74. The minimum Gasteiger partial charge on any atom is -0.354 e. The molecule has 1 atom stereocenters. The zero-order valence-electron chi connectivity index (χ0n) is 11.5. The molecule has 1 aromatic heterocycles. The fourth-order valence-corrected chi connectivity index (χ4v) is 2.48. The quantitative estimate of drug-likeness (QED) is 0.812. The van der Waals surface area contributed by atoms with Gasteiger partial charge < -0.3 is 10.2 Å². The zero-order valence-corrected chi connectivity index (χ0v) is 11.5. The van der Waals surface area contributed by atoms with Gasteiger partial charge in [0.1, 0.15) is 0 Å². The van der Waals surface area contributed by atoms with Crippen LogP contribution in [0.3, 0.4) is 0 Å². The predicted octanol–water partition coefficient (Wildman–Crippen LogP) is 2.32. The number of anilines is 1. The van der Waals surface area contributed by atoms with Crippen LogP contribution < -0.4 is 5.32 Å². The highest BCUT2D eigenvalue weighted by Crippen LogP contribution is 2.15. The van der Waals surface area contributed by atoms with E-state index < -0.39 is 0 Å². The summed E-state index contributed by atoms with van der Waals surface area (Å²) in [6.07, 6.45) is 7.61. The van der Waals surface area contributed by atoms with Crippen LogP contribution in [0, 0.1) is 12.8 Å². The predicted molar refractivity (Wildman–Crippen MR) is 74.7 cm³/mol. The van der Waals surface area contributed by atoms with Gasteiger partial charge in [0.15, 0.2) is 0 Å². The number of nitrogens with one attached hydrogen (secondary N) is 1. The van der Waals surface area contributed by atoms with E-state index in [-0.39, 0.29) is 0 Å². The maximum Gasteiger partial charge on any atom is 0.222 e. The highest BCUT2D eigenvalue weighted by atomic mass is 15.1. The van der Waals surface area contributed by atoms with Crippen molar-refractivity contribution in [2.45, 2.75) is 33.1 Å². The Balaban J connectivity index is 1.62. The number of aryl methyl sites for hydroxylation is 1. The number of hydrogen-bond acceptors (Lipinski definition) is 4. The first kappa shape index (κ1) is 13.3. The number of likely N-dealkylation sites (tertiary alicyclic amines) is 1. The fourth-order valence-electron chi connectivity index (χ4n) is 2.48. The average Bonchev–Trinajstić information content (AvgIpc) is 2.37. The molecule has 4 heteroatoms. The summed E-state index contributed by atoms with van der Waals surface area (Å²) in [5.41, 5.74) is 1.10. The van der Waals surface area contributed by atoms with E-state index in [1.165, 1.54) is 32.5 Å². The van der Waals surface area contributed by atoms with E-state index in [9.17, 15) is 0 Å². The van der Waals surface area contributed by atoms with E-state index >= 15 is 0 Å². The fraction of sp³-hybridized carbons (Fsp3) is 0.714. The summed E-state index contributed by atoms with van der Waals surface area (Å²) in [4.78, 5) is 11.1. The summed E-state index contributed by atoms with van der Waals surface area (Å²) < 4.78 is 0. The van der Waals surface area contributed by atoms with E-state index in [0.29, 0.717) is 0 Å². The van der Waals surface area contributed by atoms with Crippen LogP contribution in [0.4, 0.5) is 5.95 Å². The molecule has 0 amide bonds. The van der Waals surface area contributed by atoms with Gasteiger partial charge >= 0.3 is 0 Å². The molecule has 0 bridgehead atoms. The third-order valence-electron chi connectivity index (χ3n) is 3.46. The second-order valence-corrected chi connectivity index (χ2v) is 5.41. The Bertz CT molecular complexity index is 349. The minimum atomic E-state index is 0.743. The Hall–Kier alpha value is -1.16. The lowest BCUT2D eigenvalue weighted by Gasteiger charge is -2.30. The molecule has 1 saturated heterocycles. The molecular weight excluding hydrogens is 224 g/mol. The van der Waals surface area contributed by atoms with Crippen molar-refractivity contribution in [1.82, 2.24) is 14.9 Å². The highest BCUT2D eigenvalue weighted by molar-refractivity contribution is 5.23. The summed E-state index contributed by atoms with van der Waals surface area (Å²) in [6.45, 7) is 9.02. The third kappa shape index (κ3) is 4.26. The molecule has 2 heterocycles. The Morgan fingerprint density at radius 1 is 1.39 bits per heavy atom. The smallest absolute Gasteiger partial charge is 0.222 e. The first-order valence-corrected chi connectivity index (χ1v) is 6.99. The van der Waals surface area contributed by atoms with Gasteiger partial charge in [0.05, 0.1) is 0 Å². The maximum absolute atomic E-state index is 4.24. The van der Waals surface area contributed by atoms with Crippen molar-refractivity contribution in [3.63, 3.8) is 0 Å². The van der Waals surface area contributed by atoms with Crippen LogP contribution in [0.25, 0.3) is 0 Å². The summed E-state index contributed by atoms with van der Waals surface area (Å²) in [7, 11) is 0. The van der Waals surface area contributed by atoms with E-state index in [1.54, 1.807) is 0 Å². The topological polar surface area (TPSA) is 41.1 Å². The van der Waals surface area contributed by atoms with Crippen molar-refractivity contribution in [3.05, 3.63) is 18.0 Å². The normalized spacial score (nSPS) is 20.9. The van der Waals surface area contributed by atoms with Crippen molar-refractivity contribution >= 4 is 5.95 Å². The molecule has 0 aliphatic carbocycles. The van der Waals surface area contributed by atoms with Gasteiger partial charge in [-0.05, 0) is 50.8 Å². The highest BCUT2D eigenvalue weighted by Gasteiger charge is 2.15. The lowest BCUT2D eigenvalue weighted by molar-refractivity contribution is 0.183. The molecule has 18 heavy (non-hydrogen) atoms. The van der Waals surface area contributed by atoms with Crippen LogP contribution in [-0.4, -0.2) is 41.0 Å².